The second-order valence-electron chi connectivity index (χ2n) is 3.02. The van der Waals surface area contributed by atoms with Crippen LogP contribution in [0.25, 0.3) is 0 Å². The van der Waals surface area contributed by atoms with E-state index >= 15 is 0 Å². The molecule has 0 aliphatic rings. The molecule has 0 aromatic carbocycles. The van der Waals surface area contributed by atoms with E-state index in [0.717, 1.165) is 0 Å². The molecule has 0 saturated carbocycles. The summed E-state index contributed by atoms with van der Waals surface area (Å²) in [6, 6.07) is 0. The Balaban J connectivity index is 3.88. The van der Waals surface area contributed by atoms with Gasteiger partial charge in [0.2, 0.25) is 5.91 Å². The Bertz CT molecular complexity index is 240. The topological polar surface area (TPSA) is 29.1 Å². The number of carbonyl (C=O) groups excluding carboxylic acids is 1. The standard InChI is InChI=1S/C10H13NO/c1-5-7-8-9(12)11-10(3,4)6-2/h1-2H,7-8H2,3-4H3,(H,11,12). The van der Waals surface area contributed by atoms with E-state index in [1.165, 1.54) is 0 Å². The van der Waals surface area contributed by atoms with Crippen LogP contribution in [0.1, 0.15) is 26.7 Å². The summed E-state index contributed by atoms with van der Waals surface area (Å²) in [6.07, 6.45) is 11.0. The van der Waals surface area contributed by atoms with Crippen LogP contribution in [0.4, 0.5) is 0 Å². The molecule has 0 unspecified atom stereocenters. The number of hydrogen-bond acceptors (Lipinski definition) is 1. The fourth-order valence-corrected chi connectivity index (χ4v) is 0.633. The van der Waals surface area contributed by atoms with E-state index in [1.807, 2.05) is 0 Å². The van der Waals surface area contributed by atoms with Gasteiger partial charge in [0.05, 0.1) is 5.54 Å². The van der Waals surface area contributed by atoms with Crippen LogP contribution in [-0.4, -0.2) is 11.4 Å². The van der Waals surface area contributed by atoms with Crippen molar-refractivity contribution in [3.8, 4) is 24.7 Å². The average Bonchev–Trinajstić information content (AvgIpc) is 2.00. The summed E-state index contributed by atoms with van der Waals surface area (Å²) in [5.41, 5.74) is -0.578. The molecule has 0 aromatic rings. The summed E-state index contributed by atoms with van der Waals surface area (Å²) in [4.78, 5) is 11.1. The molecule has 0 heterocycles. The van der Waals surface area contributed by atoms with Crippen LogP contribution in [-0.2, 0) is 4.79 Å². The van der Waals surface area contributed by atoms with Crippen LogP contribution in [0.15, 0.2) is 0 Å². The molecule has 0 fully saturated rings. The lowest BCUT2D eigenvalue weighted by Gasteiger charge is -2.18. The highest BCUT2D eigenvalue weighted by atomic mass is 16.1. The number of amides is 1. The Labute approximate surface area is 73.7 Å². The van der Waals surface area contributed by atoms with Gasteiger partial charge in [-0.05, 0) is 13.8 Å². The minimum atomic E-state index is -0.578. The molecule has 2 heteroatoms. The van der Waals surface area contributed by atoms with Crippen molar-refractivity contribution in [1.29, 1.82) is 0 Å². The third-order valence-electron chi connectivity index (χ3n) is 1.31. The second-order valence-corrected chi connectivity index (χ2v) is 3.02. The van der Waals surface area contributed by atoms with E-state index < -0.39 is 5.54 Å². The van der Waals surface area contributed by atoms with Crippen LogP contribution < -0.4 is 5.32 Å². The number of rotatable bonds is 3. The first-order valence-corrected chi connectivity index (χ1v) is 3.74. The third-order valence-corrected chi connectivity index (χ3v) is 1.31. The molecule has 0 rings (SSSR count). The maximum atomic E-state index is 11.1. The molecule has 0 atom stereocenters. The molecule has 12 heavy (non-hydrogen) atoms. The molecule has 1 amide bonds. The van der Waals surface area contributed by atoms with Crippen molar-refractivity contribution in [1.82, 2.24) is 5.32 Å². The van der Waals surface area contributed by atoms with Crippen molar-refractivity contribution >= 4 is 5.91 Å². The quantitative estimate of drug-likeness (QED) is 0.616. The molecule has 1 N–H and O–H groups in total. The first-order chi connectivity index (χ1) is 5.52. The van der Waals surface area contributed by atoms with E-state index in [9.17, 15) is 4.79 Å². The summed E-state index contributed by atoms with van der Waals surface area (Å²) >= 11 is 0. The van der Waals surface area contributed by atoms with E-state index in [1.54, 1.807) is 13.8 Å². The number of carbonyl (C=O) groups is 1. The Kier molecular flexibility index (Phi) is 3.94. The summed E-state index contributed by atoms with van der Waals surface area (Å²) < 4.78 is 0. The molecule has 0 aromatic heterocycles. The van der Waals surface area contributed by atoms with Gasteiger partial charge in [0, 0.05) is 12.8 Å². The van der Waals surface area contributed by atoms with Gasteiger partial charge in [0.1, 0.15) is 0 Å². The number of terminal acetylenes is 2. The van der Waals surface area contributed by atoms with Gasteiger partial charge >= 0.3 is 0 Å². The Morgan fingerprint density at radius 3 is 2.50 bits per heavy atom. The molecular formula is C10H13NO. The van der Waals surface area contributed by atoms with Crippen molar-refractivity contribution in [3.05, 3.63) is 0 Å². The maximum absolute atomic E-state index is 11.1. The first kappa shape index (κ1) is 10.6. The minimum Gasteiger partial charge on any atom is -0.340 e. The van der Waals surface area contributed by atoms with Crippen molar-refractivity contribution < 1.29 is 4.79 Å². The fraction of sp³-hybridized carbons (Fsp3) is 0.500. The van der Waals surface area contributed by atoms with Crippen molar-refractivity contribution in [2.75, 3.05) is 0 Å². The lowest BCUT2D eigenvalue weighted by Crippen LogP contribution is -2.41. The highest BCUT2D eigenvalue weighted by Crippen LogP contribution is 1.99. The third kappa shape index (κ3) is 4.41. The molecular weight excluding hydrogens is 150 g/mol. The van der Waals surface area contributed by atoms with Crippen molar-refractivity contribution in [3.63, 3.8) is 0 Å². The van der Waals surface area contributed by atoms with Crippen LogP contribution in [0.5, 0.6) is 0 Å². The lowest BCUT2D eigenvalue weighted by atomic mass is 10.1. The maximum Gasteiger partial charge on any atom is 0.222 e. The van der Waals surface area contributed by atoms with E-state index in [-0.39, 0.29) is 5.91 Å². The number of hydrogen-bond donors (Lipinski definition) is 1. The van der Waals surface area contributed by atoms with Crippen LogP contribution >= 0.6 is 0 Å². The number of nitrogens with one attached hydrogen (secondary N) is 1. The molecule has 0 aliphatic heterocycles. The average molecular weight is 163 g/mol. The van der Waals surface area contributed by atoms with E-state index in [4.69, 9.17) is 12.8 Å². The lowest BCUT2D eigenvalue weighted by molar-refractivity contribution is -0.122. The normalized spacial score (nSPS) is 9.67. The van der Waals surface area contributed by atoms with Gasteiger partial charge in [-0.25, -0.2) is 0 Å². The van der Waals surface area contributed by atoms with E-state index in [0.29, 0.717) is 12.8 Å². The predicted molar refractivity (Wildman–Crippen MR) is 49.1 cm³/mol. The van der Waals surface area contributed by atoms with Crippen LogP contribution in [0.3, 0.4) is 0 Å². The van der Waals surface area contributed by atoms with Gasteiger partial charge < -0.3 is 5.32 Å². The first-order valence-electron chi connectivity index (χ1n) is 3.74. The van der Waals surface area contributed by atoms with Gasteiger partial charge in [-0.2, -0.15) is 0 Å². The zero-order valence-electron chi connectivity index (χ0n) is 7.48. The van der Waals surface area contributed by atoms with Crippen molar-refractivity contribution in [2.45, 2.75) is 32.2 Å². The zero-order valence-corrected chi connectivity index (χ0v) is 7.48. The largest absolute Gasteiger partial charge is 0.340 e. The van der Waals surface area contributed by atoms with E-state index in [2.05, 4.69) is 17.2 Å². The molecule has 64 valence electrons. The molecule has 0 aliphatic carbocycles. The van der Waals surface area contributed by atoms with Gasteiger partial charge in [0.15, 0.2) is 0 Å². The molecule has 0 radical (unpaired) electrons. The van der Waals surface area contributed by atoms with Crippen molar-refractivity contribution in [2.24, 2.45) is 0 Å². The Hall–Kier alpha value is -1.41. The van der Waals surface area contributed by atoms with Gasteiger partial charge in [-0.1, -0.05) is 5.92 Å². The SMILES string of the molecule is C#CCCC(=O)NC(C)(C)C#C. The summed E-state index contributed by atoms with van der Waals surface area (Å²) in [7, 11) is 0. The molecule has 0 bridgehead atoms. The molecule has 0 saturated heterocycles. The smallest absolute Gasteiger partial charge is 0.222 e. The van der Waals surface area contributed by atoms with Crippen LogP contribution in [0.2, 0.25) is 0 Å². The summed E-state index contributed by atoms with van der Waals surface area (Å²) in [6.45, 7) is 3.53. The van der Waals surface area contributed by atoms with Gasteiger partial charge in [-0.15, -0.1) is 18.8 Å². The molecule has 2 nitrogen and oxygen atoms in total. The predicted octanol–water partition coefficient (Wildman–Crippen LogP) is 0.928. The van der Waals surface area contributed by atoms with Gasteiger partial charge in [0.25, 0.3) is 0 Å². The zero-order chi connectivity index (χ0) is 9.61. The monoisotopic (exact) mass is 163 g/mol. The van der Waals surface area contributed by atoms with Crippen LogP contribution in [0, 0.1) is 24.7 Å². The summed E-state index contributed by atoms with van der Waals surface area (Å²) in [5, 5.41) is 2.67. The Morgan fingerprint density at radius 1 is 1.50 bits per heavy atom. The highest BCUT2D eigenvalue weighted by molar-refractivity contribution is 5.77. The fourth-order valence-electron chi connectivity index (χ4n) is 0.633. The van der Waals surface area contributed by atoms with Gasteiger partial charge in [-0.3, -0.25) is 4.79 Å². The Morgan fingerprint density at radius 2 is 2.08 bits per heavy atom. The summed E-state index contributed by atoms with van der Waals surface area (Å²) in [5.74, 6) is 4.75. The molecule has 0 spiro atoms. The minimum absolute atomic E-state index is 0.101. The highest BCUT2D eigenvalue weighted by Gasteiger charge is 2.15. The second kappa shape index (κ2) is 4.46.